The highest BCUT2D eigenvalue weighted by Crippen LogP contribution is 2.32. The summed E-state index contributed by atoms with van der Waals surface area (Å²) in [7, 11) is 3.36. The topological polar surface area (TPSA) is 125 Å². The third kappa shape index (κ3) is 14.0. The van der Waals surface area contributed by atoms with Crippen LogP contribution in [0.15, 0.2) is 60.9 Å². The molecular formula is C47H66N4O6S2. The van der Waals surface area contributed by atoms with Crippen LogP contribution in [0.1, 0.15) is 69.9 Å². The Morgan fingerprint density at radius 2 is 1.15 bits per heavy atom. The van der Waals surface area contributed by atoms with Crippen LogP contribution in [0.3, 0.4) is 0 Å². The fraction of sp³-hybridized carbons (Fsp3) is 0.574. The molecular weight excluding hydrogens is 781 g/mol. The summed E-state index contributed by atoms with van der Waals surface area (Å²) in [6, 6.07) is 16.1. The summed E-state index contributed by atoms with van der Waals surface area (Å²) in [4.78, 5) is 37.4. The number of benzene rings is 2. The van der Waals surface area contributed by atoms with Crippen LogP contribution in [-0.2, 0) is 22.4 Å². The van der Waals surface area contributed by atoms with Gasteiger partial charge in [-0.05, 0) is 166 Å². The highest BCUT2D eigenvalue weighted by atomic mass is 32.2. The van der Waals surface area contributed by atoms with E-state index in [1.165, 1.54) is 16.9 Å². The Kier molecular flexibility index (Phi) is 19.4. The lowest BCUT2D eigenvalue weighted by Crippen LogP contribution is -2.44. The fourth-order valence-electron chi connectivity index (χ4n) is 8.83. The maximum absolute atomic E-state index is 11.9. The number of carboxylic acids is 2. The van der Waals surface area contributed by atoms with Crippen LogP contribution < -0.4 is 9.47 Å². The number of hydrogen-bond acceptors (Lipinski definition) is 10. The van der Waals surface area contributed by atoms with Crippen molar-refractivity contribution in [3.05, 3.63) is 72.1 Å². The Morgan fingerprint density at radius 3 is 1.61 bits per heavy atom. The smallest absolute Gasteiger partial charge is 0.308 e. The number of piperidine rings is 2. The molecule has 2 saturated heterocycles. The van der Waals surface area contributed by atoms with Gasteiger partial charge in [-0.15, -0.1) is 0 Å². The van der Waals surface area contributed by atoms with E-state index < -0.39 is 11.9 Å². The number of likely N-dealkylation sites (tertiary alicyclic amines) is 2. The van der Waals surface area contributed by atoms with E-state index in [2.05, 4.69) is 45.7 Å². The van der Waals surface area contributed by atoms with Crippen molar-refractivity contribution in [3.8, 4) is 11.5 Å². The van der Waals surface area contributed by atoms with E-state index in [1.807, 2.05) is 72.3 Å². The maximum Gasteiger partial charge on any atom is 0.308 e. The molecule has 0 saturated carbocycles. The summed E-state index contributed by atoms with van der Waals surface area (Å²) in [5, 5.41) is 21.8. The Balaban J connectivity index is 0.000000224. The number of rotatable bonds is 21. The zero-order valence-electron chi connectivity index (χ0n) is 35.7. The number of carboxylic acid groups (broad SMARTS) is 2. The largest absolute Gasteiger partial charge is 0.497 e. The molecule has 2 aliphatic rings. The third-order valence-corrected chi connectivity index (χ3v) is 14.0. The van der Waals surface area contributed by atoms with Crippen LogP contribution in [0.25, 0.3) is 21.8 Å². The van der Waals surface area contributed by atoms with Crippen molar-refractivity contribution in [2.24, 2.45) is 23.7 Å². The maximum atomic E-state index is 11.9. The lowest BCUT2D eigenvalue weighted by molar-refractivity contribution is -0.147. The van der Waals surface area contributed by atoms with Gasteiger partial charge >= 0.3 is 11.9 Å². The lowest BCUT2D eigenvalue weighted by atomic mass is 9.81. The molecule has 322 valence electrons. The van der Waals surface area contributed by atoms with Crippen molar-refractivity contribution in [1.82, 2.24) is 19.8 Å². The van der Waals surface area contributed by atoms with Crippen LogP contribution >= 0.6 is 23.5 Å². The first kappa shape index (κ1) is 46.5. The molecule has 0 amide bonds. The number of hydrogen-bond donors (Lipinski definition) is 2. The van der Waals surface area contributed by atoms with Gasteiger partial charge in [0.1, 0.15) is 11.5 Å². The predicted octanol–water partition coefficient (Wildman–Crippen LogP) is 9.07. The second kappa shape index (κ2) is 24.6. The summed E-state index contributed by atoms with van der Waals surface area (Å²) >= 11 is 3.88. The van der Waals surface area contributed by atoms with Crippen LogP contribution in [0, 0.1) is 23.7 Å². The van der Waals surface area contributed by atoms with E-state index in [1.54, 1.807) is 14.2 Å². The van der Waals surface area contributed by atoms with E-state index in [4.69, 9.17) is 9.47 Å². The third-order valence-electron chi connectivity index (χ3n) is 12.2. The number of aryl methyl sites for hydroxylation is 2. The Morgan fingerprint density at radius 1 is 0.678 bits per heavy atom. The molecule has 2 aromatic carbocycles. The molecule has 4 aromatic rings. The second-order valence-corrected chi connectivity index (χ2v) is 18.6. The van der Waals surface area contributed by atoms with Crippen molar-refractivity contribution in [1.29, 1.82) is 0 Å². The molecule has 59 heavy (non-hydrogen) atoms. The minimum atomic E-state index is -0.637. The standard InChI is InChI=1S/C24H34N2O3S.C23H32N2O3S/c1-3-30-15-5-13-26-14-11-19(22(17-26)24(27)28)7-4-6-18-10-12-25-23-9-8-20(29-2)16-21(18)23;1-3-29-14-13-25-12-10-18(21(16-25)23(26)27)6-4-5-17-9-11-24-22-8-7-19(28-2)15-20(17)22/h8-10,12,16,19,22H,3-7,11,13-15,17H2,1-2H3,(H,27,28);7-9,11,15,18,21H,3-6,10,12-14,16H2,1-2H3,(H,26,27)/t19-,22+;18-,21+/m11/s1. The first-order valence-electron chi connectivity index (χ1n) is 21.6. The highest BCUT2D eigenvalue weighted by molar-refractivity contribution is 7.99. The summed E-state index contributed by atoms with van der Waals surface area (Å²) in [5.74, 6) is 4.99. The van der Waals surface area contributed by atoms with E-state index in [0.717, 1.165) is 135 Å². The Hall–Kier alpha value is -3.58. The molecule has 0 unspecified atom stereocenters. The van der Waals surface area contributed by atoms with Crippen molar-refractivity contribution < 1.29 is 29.3 Å². The average molecular weight is 847 g/mol. The van der Waals surface area contributed by atoms with Gasteiger partial charge in [-0.2, -0.15) is 23.5 Å². The van der Waals surface area contributed by atoms with Gasteiger partial charge in [0.05, 0.1) is 37.1 Å². The van der Waals surface area contributed by atoms with E-state index in [0.29, 0.717) is 13.1 Å². The number of thioether (sulfide) groups is 2. The number of methoxy groups -OCH3 is 2. The van der Waals surface area contributed by atoms with Gasteiger partial charge in [0.2, 0.25) is 0 Å². The fourth-order valence-corrected chi connectivity index (χ4v) is 10.1. The lowest BCUT2D eigenvalue weighted by Gasteiger charge is -2.36. The average Bonchev–Trinajstić information content (AvgIpc) is 3.25. The number of aliphatic carboxylic acids is 2. The molecule has 0 bridgehead atoms. The normalized spacial score (nSPS) is 19.9. The van der Waals surface area contributed by atoms with E-state index in [-0.39, 0.29) is 23.7 Å². The molecule has 4 atom stereocenters. The Bertz CT molecular complexity index is 1920. The van der Waals surface area contributed by atoms with Gasteiger partial charge in [-0.3, -0.25) is 19.6 Å². The summed E-state index contributed by atoms with van der Waals surface area (Å²) in [5.41, 5.74) is 4.47. The summed E-state index contributed by atoms with van der Waals surface area (Å²) in [6.07, 6.45) is 12.6. The van der Waals surface area contributed by atoms with Crippen molar-refractivity contribution in [2.75, 3.05) is 76.5 Å². The molecule has 12 heteroatoms. The summed E-state index contributed by atoms with van der Waals surface area (Å²) in [6.45, 7) is 9.82. The van der Waals surface area contributed by atoms with Crippen LogP contribution in [-0.4, -0.2) is 118 Å². The molecule has 10 nitrogen and oxygen atoms in total. The number of fused-ring (bicyclic) bond motifs is 2. The van der Waals surface area contributed by atoms with Gasteiger partial charge in [0.25, 0.3) is 0 Å². The van der Waals surface area contributed by atoms with E-state index in [9.17, 15) is 19.8 Å². The highest BCUT2D eigenvalue weighted by Gasteiger charge is 2.35. The van der Waals surface area contributed by atoms with Gasteiger partial charge in [0.15, 0.2) is 0 Å². The predicted molar refractivity (Wildman–Crippen MR) is 244 cm³/mol. The van der Waals surface area contributed by atoms with E-state index >= 15 is 0 Å². The first-order valence-corrected chi connectivity index (χ1v) is 23.9. The minimum Gasteiger partial charge on any atom is -0.497 e. The molecule has 2 fully saturated rings. The number of pyridine rings is 2. The zero-order valence-corrected chi connectivity index (χ0v) is 37.3. The molecule has 0 spiro atoms. The SMILES string of the molecule is CCSCCCN1CC[C@@H](CCCc2ccnc3ccc(OC)cc23)[C@@H](C(=O)O)C1.CCSCCN1CC[C@@H](CCCc2ccnc3ccc(OC)cc23)[C@@H](C(=O)O)C1. The second-order valence-electron chi connectivity index (χ2n) is 15.8. The zero-order chi connectivity index (χ0) is 42.0. The van der Waals surface area contributed by atoms with Crippen molar-refractivity contribution in [3.63, 3.8) is 0 Å². The quantitative estimate of drug-likeness (QED) is 0.0778. The molecule has 4 heterocycles. The summed E-state index contributed by atoms with van der Waals surface area (Å²) < 4.78 is 10.7. The van der Waals surface area contributed by atoms with Crippen LogP contribution in [0.2, 0.25) is 0 Å². The first-order chi connectivity index (χ1) is 28.7. The molecule has 2 aromatic heterocycles. The van der Waals surface area contributed by atoms with Crippen LogP contribution in [0.4, 0.5) is 0 Å². The van der Waals surface area contributed by atoms with Gasteiger partial charge < -0.3 is 29.5 Å². The van der Waals surface area contributed by atoms with Crippen molar-refractivity contribution in [2.45, 2.75) is 71.6 Å². The van der Waals surface area contributed by atoms with Crippen molar-refractivity contribution >= 4 is 57.3 Å². The molecule has 2 N–H and O–H groups in total. The van der Waals surface area contributed by atoms with Gasteiger partial charge in [0, 0.05) is 48.6 Å². The molecule has 0 radical (unpaired) electrons. The van der Waals surface area contributed by atoms with Gasteiger partial charge in [-0.1, -0.05) is 13.8 Å². The monoisotopic (exact) mass is 846 g/mol. The number of carbonyl (C=O) groups is 2. The van der Waals surface area contributed by atoms with Gasteiger partial charge in [-0.25, -0.2) is 0 Å². The Labute approximate surface area is 360 Å². The minimum absolute atomic E-state index is 0.244. The number of ether oxygens (including phenoxy) is 2. The molecule has 6 rings (SSSR count). The number of nitrogens with zero attached hydrogens (tertiary/aromatic N) is 4. The number of aromatic nitrogens is 2. The van der Waals surface area contributed by atoms with Crippen LogP contribution in [0.5, 0.6) is 11.5 Å². The molecule has 2 aliphatic heterocycles. The molecule has 0 aliphatic carbocycles.